The monoisotopic (exact) mass is 472 g/mol. The first-order valence-electron chi connectivity index (χ1n) is 10.7. The maximum Gasteiger partial charge on any atom is 0.306 e. The van der Waals surface area contributed by atoms with E-state index in [2.05, 4.69) is 10.5 Å². The van der Waals surface area contributed by atoms with E-state index in [1.807, 2.05) is 24.3 Å². The fourth-order valence-corrected chi connectivity index (χ4v) is 5.74. The first-order chi connectivity index (χ1) is 15.8. The Morgan fingerprint density at radius 1 is 1.15 bits per heavy atom. The highest BCUT2D eigenvalue weighted by molar-refractivity contribution is 7.89. The van der Waals surface area contributed by atoms with Crippen LogP contribution in [0, 0.1) is 16.0 Å². The lowest BCUT2D eigenvalue weighted by Crippen LogP contribution is -2.40. The molecule has 0 spiro atoms. The zero-order valence-electron chi connectivity index (χ0n) is 17.8. The smallest absolute Gasteiger partial charge is 0.306 e. The number of fused-ring (bicyclic) bond motifs is 1. The number of rotatable bonds is 6. The van der Waals surface area contributed by atoms with Crippen LogP contribution in [0.15, 0.2) is 52.5 Å². The van der Waals surface area contributed by atoms with E-state index in [4.69, 9.17) is 5.11 Å². The molecule has 1 heterocycles. The van der Waals surface area contributed by atoms with Crippen molar-refractivity contribution in [3.05, 3.63) is 63.7 Å². The third kappa shape index (κ3) is 4.74. The van der Waals surface area contributed by atoms with Crippen molar-refractivity contribution in [2.45, 2.75) is 37.0 Å². The number of carbonyl (C=O) groups is 1. The summed E-state index contributed by atoms with van der Waals surface area (Å²) in [4.78, 5) is 22.0. The van der Waals surface area contributed by atoms with Crippen LogP contribution in [0.2, 0.25) is 0 Å². The van der Waals surface area contributed by atoms with E-state index in [9.17, 15) is 23.3 Å². The molecule has 2 aliphatic rings. The van der Waals surface area contributed by atoms with E-state index in [0.29, 0.717) is 0 Å². The van der Waals surface area contributed by atoms with Gasteiger partial charge in [0.05, 0.1) is 21.4 Å². The first-order valence-corrected chi connectivity index (χ1v) is 12.1. The second-order valence-electron chi connectivity index (χ2n) is 8.13. The number of hydrogen-bond acceptors (Lipinski definition) is 7. The second kappa shape index (κ2) is 9.28. The predicted octanol–water partition coefficient (Wildman–Crippen LogP) is 3.23. The molecule has 0 saturated carbocycles. The van der Waals surface area contributed by atoms with E-state index in [1.54, 1.807) is 0 Å². The van der Waals surface area contributed by atoms with E-state index in [0.717, 1.165) is 36.6 Å². The number of piperidine rings is 1. The number of anilines is 1. The van der Waals surface area contributed by atoms with E-state index in [1.165, 1.54) is 22.0 Å². The standard InChI is InChI=1S/C22H24N4O6S/c27-22(28)16-10-12-25(13-11-16)33(31,32)17-8-9-20(21(14-17)26(29)30)24-23-19-7-3-5-15-4-1-2-6-18(15)19/h1-2,4,6,8-9,14,16,24H,3,5,7,10-13H2,(H,27,28). The Kier molecular flexibility index (Phi) is 6.43. The largest absolute Gasteiger partial charge is 0.481 e. The van der Waals surface area contributed by atoms with Crippen molar-refractivity contribution >= 4 is 33.1 Å². The topological polar surface area (TPSA) is 142 Å². The number of sulfonamides is 1. The summed E-state index contributed by atoms with van der Waals surface area (Å²) in [7, 11) is -3.99. The van der Waals surface area contributed by atoms with Gasteiger partial charge < -0.3 is 5.11 Å². The van der Waals surface area contributed by atoms with Gasteiger partial charge in [0.1, 0.15) is 5.69 Å². The van der Waals surface area contributed by atoms with Crippen LogP contribution in [0.1, 0.15) is 36.8 Å². The Labute approximate surface area is 191 Å². The molecule has 0 bridgehead atoms. The van der Waals surface area contributed by atoms with E-state index in [-0.39, 0.29) is 36.5 Å². The fourth-order valence-electron chi connectivity index (χ4n) is 4.25. The van der Waals surface area contributed by atoms with Crippen molar-refractivity contribution < 1.29 is 23.2 Å². The molecule has 2 N–H and O–H groups in total. The van der Waals surface area contributed by atoms with Crippen LogP contribution < -0.4 is 5.43 Å². The highest BCUT2D eigenvalue weighted by atomic mass is 32.2. The van der Waals surface area contributed by atoms with Gasteiger partial charge in [-0.2, -0.15) is 9.41 Å². The van der Waals surface area contributed by atoms with Crippen LogP contribution in [0.5, 0.6) is 0 Å². The number of benzene rings is 2. The molecule has 0 aromatic heterocycles. The number of hydrogen-bond donors (Lipinski definition) is 2. The molecule has 4 rings (SSSR count). The van der Waals surface area contributed by atoms with Gasteiger partial charge in [0, 0.05) is 24.7 Å². The maximum atomic E-state index is 13.0. The number of nitrogens with one attached hydrogen (secondary N) is 1. The average molecular weight is 473 g/mol. The maximum absolute atomic E-state index is 13.0. The van der Waals surface area contributed by atoms with Gasteiger partial charge in [-0.15, -0.1) is 0 Å². The third-order valence-electron chi connectivity index (χ3n) is 6.11. The molecule has 2 aromatic rings. The molecule has 1 saturated heterocycles. The highest BCUT2D eigenvalue weighted by Crippen LogP contribution is 2.31. The Morgan fingerprint density at radius 2 is 1.88 bits per heavy atom. The number of aryl methyl sites for hydroxylation is 1. The molecule has 0 amide bonds. The molecule has 1 aliphatic heterocycles. The summed E-state index contributed by atoms with van der Waals surface area (Å²) in [6.07, 6.45) is 3.02. The highest BCUT2D eigenvalue weighted by Gasteiger charge is 2.33. The molecule has 33 heavy (non-hydrogen) atoms. The Bertz CT molecular complexity index is 1220. The minimum Gasteiger partial charge on any atom is -0.481 e. The van der Waals surface area contributed by atoms with Crippen LogP contribution in [0.4, 0.5) is 11.4 Å². The molecule has 1 fully saturated rings. The van der Waals surface area contributed by atoms with Crippen LogP contribution >= 0.6 is 0 Å². The summed E-state index contributed by atoms with van der Waals surface area (Å²) in [6.45, 7) is 0.111. The van der Waals surface area contributed by atoms with Gasteiger partial charge in [-0.25, -0.2) is 8.42 Å². The Morgan fingerprint density at radius 3 is 2.58 bits per heavy atom. The Balaban J connectivity index is 1.58. The lowest BCUT2D eigenvalue weighted by Gasteiger charge is -2.29. The van der Waals surface area contributed by atoms with Crippen molar-refractivity contribution in [3.63, 3.8) is 0 Å². The van der Waals surface area contributed by atoms with Crippen LogP contribution in [-0.4, -0.2) is 47.5 Å². The van der Waals surface area contributed by atoms with E-state index >= 15 is 0 Å². The zero-order chi connectivity index (χ0) is 23.6. The molecular formula is C22H24N4O6S. The van der Waals surface area contributed by atoms with Crippen molar-refractivity contribution in [2.75, 3.05) is 18.5 Å². The minimum atomic E-state index is -3.99. The van der Waals surface area contributed by atoms with Crippen molar-refractivity contribution in [2.24, 2.45) is 11.0 Å². The molecule has 0 unspecified atom stereocenters. The molecule has 11 heteroatoms. The number of carboxylic acids is 1. The van der Waals surface area contributed by atoms with Gasteiger partial charge >= 0.3 is 5.97 Å². The lowest BCUT2D eigenvalue weighted by atomic mass is 9.90. The van der Waals surface area contributed by atoms with Gasteiger partial charge in [0.25, 0.3) is 5.69 Å². The van der Waals surface area contributed by atoms with Crippen LogP contribution in [0.25, 0.3) is 0 Å². The average Bonchev–Trinajstić information content (AvgIpc) is 2.82. The zero-order valence-corrected chi connectivity index (χ0v) is 18.6. The molecule has 2 aromatic carbocycles. The molecule has 0 radical (unpaired) electrons. The molecule has 10 nitrogen and oxygen atoms in total. The Hall–Kier alpha value is -3.31. The fraction of sp³-hybridized carbons (Fsp3) is 0.364. The van der Waals surface area contributed by atoms with Gasteiger partial charge in [0.2, 0.25) is 10.0 Å². The molecule has 0 atom stereocenters. The first kappa shape index (κ1) is 22.9. The summed E-state index contributed by atoms with van der Waals surface area (Å²) in [6, 6.07) is 11.6. The normalized spacial score (nSPS) is 18.6. The molecule has 1 aliphatic carbocycles. The van der Waals surface area contributed by atoms with Crippen LogP contribution in [0.3, 0.4) is 0 Å². The number of nitro groups is 1. The number of nitro benzene ring substituents is 1. The van der Waals surface area contributed by atoms with Gasteiger partial charge in [-0.3, -0.25) is 20.3 Å². The second-order valence-corrected chi connectivity index (χ2v) is 10.1. The van der Waals surface area contributed by atoms with Crippen molar-refractivity contribution in [1.29, 1.82) is 0 Å². The summed E-state index contributed by atoms with van der Waals surface area (Å²) in [5.74, 6) is -1.53. The van der Waals surface area contributed by atoms with Crippen molar-refractivity contribution in [3.8, 4) is 0 Å². The van der Waals surface area contributed by atoms with Gasteiger partial charge in [-0.1, -0.05) is 24.3 Å². The number of hydrazone groups is 1. The number of aliphatic carboxylic acids is 1. The lowest BCUT2D eigenvalue weighted by molar-refractivity contribution is -0.384. The summed E-state index contributed by atoms with van der Waals surface area (Å²) < 4.78 is 27.2. The van der Waals surface area contributed by atoms with E-state index < -0.39 is 32.5 Å². The minimum absolute atomic E-state index is 0.0557. The predicted molar refractivity (Wildman–Crippen MR) is 122 cm³/mol. The third-order valence-corrected chi connectivity index (χ3v) is 8.00. The summed E-state index contributed by atoms with van der Waals surface area (Å²) in [5.41, 5.74) is 5.42. The molecular weight excluding hydrogens is 448 g/mol. The quantitative estimate of drug-likeness (QED) is 0.485. The summed E-state index contributed by atoms with van der Waals surface area (Å²) >= 11 is 0. The van der Waals surface area contributed by atoms with Gasteiger partial charge in [-0.05, 0) is 49.8 Å². The summed E-state index contributed by atoms with van der Waals surface area (Å²) in [5, 5.41) is 25.2. The SMILES string of the molecule is O=C(O)C1CCN(S(=O)(=O)c2ccc(NN=C3CCCc4ccccc43)c([N+](=O)[O-])c2)CC1. The van der Waals surface area contributed by atoms with Crippen LogP contribution in [-0.2, 0) is 21.2 Å². The van der Waals surface area contributed by atoms with Crippen molar-refractivity contribution in [1.82, 2.24) is 4.31 Å². The number of carboxylic acid groups (broad SMARTS) is 1. The van der Waals surface area contributed by atoms with Gasteiger partial charge in [0.15, 0.2) is 0 Å². The number of nitrogens with zero attached hydrogens (tertiary/aromatic N) is 3. The molecule has 174 valence electrons.